The minimum Gasteiger partial charge on any atom is -0.507 e. The van der Waals surface area contributed by atoms with Crippen LogP contribution >= 0.6 is 15.9 Å². The summed E-state index contributed by atoms with van der Waals surface area (Å²) in [7, 11) is 0. The average molecular weight is 453 g/mol. The molecule has 0 bridgehead atoms. The average Bonchev–Trinajstić information content (AvgIpc) is 3.00. The van der Waals surface area contributed by atoms with Gasteiger partial charge in [-0.3, -0.25) is 4.57 Å². The third-order valence-electron chi connectivity index (χ3n) is 5.18. The second kappa shape index (κ2) is 7.17. The summed E-state index contributed by atoms with van der Waals surface area (Å²) < 4.78 is 2.86. The van der Waals surface area contributed by atoms with Crippen molar-refractivity contribution >= 4 is 32.7 Å². The molecule has 2 aromatic carbocycles. The van der Waals surface area contributed by atoms with Crippen LogP contribution < -0.4 is 0 Å². The fraction of sp³-hybridized carbons (Fsp3) is 0.320. The molecule has 0 saturated heterocycles. The van der Waals surface area contributed by atoms with Gasteiger partial charge in [-0.05, 0) is 56.6 Å². The summed E-state index contributed by atoms with van der Waals surface area (Å²) in [4.78, 5) is 4.91. The highest BCUT2D eigenvalue weighted by atomic mass is 79.9. The van der Waals surface area contributed by atoms with Gasteiger partial charge in [-0.2, -0.15) is 0 Å². The molecule has 4 heteroatoms. The molecule has 3 nitrogen and oxygen atoms in total. The van der Waals surface area contributed by atoms with Gasteiger partial charge in [-0.15, -0.1) is 0 Å². The Bertz CT molecular complexity index is 1120. The van der Waals surface area contributed by atoms with Crippen molar-refractivity contribution in [3.63, 3.8) is 0 Å². The number of phenols is 1. The molecule has 0 amide bonds. The predicted octanol–water partition coefficient (Wildman–Crippen LogP) is 7.42. The van der Waals surface area contributed by atoms with Gasteiger partial charge in [0, 0.05) is 15.7 Å². The first-order chi connectivity index (χ1) is 13.4. The highest BCUT2D eigenvalue weighted by molar-refractivity contribution is 9.10. The zero-order valence-electron chi connectivity index (χ0n) is 18.1. The Balaban J connectivity index is 2.48. The van der Waals surface area contributed by atoms with E-state index in [1.807, 2.05) is 28.8 Å². The number of fused-ring (bicyclic) bond motifs is 1. The summed E-state index contributed by atoms with van der Waals surface area (Å²) in [6, 6.07) is 10.1. The van der Waals surface area contributed by atoms with Crippen LogP contribution in [0.4, 0.5) is 0 Å². The van der Waals surface area contributed by atoms with Crippen LogP contribution in [0.3, 0.4) is 0 Å². The number of hydrogen-bond donors (Lipinski definition) is 1. The standard InChI is InChI=1S/C25H29BrN2O/c1-9-15(2)28-20-12-10-11-19(26)21(20)27-23(28)17-13-16(24(3,4)5)14-18(22(17)29)25(6,7)8/h9-14,29H,1-2H2,3-8H3. The molecular formula is C25H29BrN2O. The van der Waals surface area contributed by atoms with Gasteiger partial charge < -0.3 is 5.11 Å². The van der Waals surface area contributed by atoms with Crippen LogP contribution in [-0.2, 0) is 10.8 Å². The van der Waals surface area contributed by atoms with Crippen molar-refractivity contribution in [2.45, 2.75) is 52.4 Å². The number of aromatic nitrogens is 2. The molecule has 3 aromatic rings. The Kier molecular flexibility index (Phi) is 5.29. The number of para-hydroxylation sites is 1. The van der Waals surface area contributed by atoms with Crippen molar-refractivity contribution in [3.05, 3.63) is 65.2 Å². The summed E-state index contributed by atoms with van der Waals surface area (Å²) in [5.41, 5.74) is 4.91. The summed E-state index contributed by atoms with van der Waals surface area (Å²) in [5, 5.41) is 11.3. The molecule has 1 N–H and O–H groups in total. The molecule has 1 heterocycles. The zero-order valence-corrected chi connectivity index (χ0v) is 19.7. The number of halogens is 1. The Morgan fingerprint density at radius 1 is 1.10 bits per heavy atom. The maximum atomic E-state index is 11.3. The van der Waals surface area contributed by atoms with E-state index in [0.717, 1.165) is 26.6 Å². The van der Waals surface area contributed by atoms with Crippen molar-refractivity contribution in [2.75, 3.05) is 0 Å². The topological polar surface area (TPSA) is 38.0 Å². The van der Waals surface area contributed by atoms with Crippen molar-refractivity contribution in [2.24, 2.45) is 0 Å². The van der Waals surface area contributed by atoms with Crippen LogP contribution in [0.15, 0.2) is 54.0 Å². The normalized spacial score (nSPS) is 12.4. The van der Waals surface area contributed by atoms with Crippen LogP contribution in [0.5, 0.6) is 5.75 Å². The first-order valence-corrected chi connectivity index (χ1v) is 10.5. The van der Waals surface area contributed by atoms with E-state index < -0.39 is 0 Å². The van der Waals surface area contributed by atoms with Crippen molar-refractivity contribution in [1.82, 2.24) is 9.55 Å². The SMILES string of the molecule is C=CC(=C)n1c(-c2cc(C(C)(C)C)cc(C(C)(C)C)c2O)nc2c(Br)cccc21. The van der Waals surface area contributed by atoms with Gasteiger partial charge in [0.2, 0.25) is 0 Å². The Hall–Kier alpha value is -2.33. The van der Waals surface area contributed by atoms with E-state index in [9.17, 15) is 5.11 Å². The van der Waals surface area contributed by atoms with Gasteiger partial charge in [0.1, 0.15) is 17.1 Å². The molecule has 0 fully saturated rings. The number of imidazole rings is 1. The number of allylic oxidation sites excluding steroid dienone is 2. The van der Waals surface area contributed by atoms with Gasteiger partial charge in [0.05, 0.1) is 11.1 Å². The molecule has 3 rings (SSSR count). The van der Waals surface area contributed by atoms with Gasteiger partial charge >= 0.3 is 0 Å². The van der Waals surface area contributed by atoms with E-state index >= 15 is 0 Å². The first kappa shape index (κ1) is 21.4. The highest BCUT2D eigenvalue weighted by Crippen LogP contribution is 2.43. The molecule has 152 valence electrons. The Morgan fingerprint density at radius 3 is 2.31 bits per heavy atom. The van der Waals surface area contributed by atoms with Gasteiger partial charge in [0.25, 0.3) is 0 Å². The zero-order chi connectivity index (χ0) is 21.7. The van der Waals surface area contributed by atoms with Gasteiger partial charge in [-0.25, -0.2) is 4.98 Å². The van der Waals surface area contributed by atoms with E-state index in [4.69, 9.17) is 4.98 Å². The first-order valence-electron chi connectivity index (χ1n) is 9.73. The summed E-state index contributed by atoms with van der Waals surface area (Å²) in [6.45, 7) is 20.9. The third kappa shape index (κ3) is 3.78. The minimum absolute atomic E-state index is 0.0741. The molecule has 0 atom stereocenters. The van der Waals surface area contributed by atoms with E-state index in [1.54, 1.807) is 6.08 Å². The lowest BCUT2D eigenvalue weighted by Gasteiger charge is -2.27. The van der Waals surface area contributed by atoms with E-state index in [1.165, 1.54) is 0 Å². The van der Waals surface area contributed by atoms with Crippen LogP contribution in [0.25, 0.3) is 28.1 Å². The van der Waals surface area contributed by atoms with Gasteiger partial charge in [0.15, 0.2) is 0 Å². The molecule has 0 aliphatic rings. The number of rotatable bonds is 3. The van der Waals surface area contributed by atoms with Crippen LogP contribution in [0.1, 0.15) is 52.7 Å². The quantitative estimate of drug-likeness (QED) is 0.419. The van der Waals surface area contributed by atoms with Crippen molar-refractivity contribution < 1.29 is 5.11 Å². The van der Waals surface area contributed by atoms with E-state index in [0.29, 0.717) is 17.1 Å². The monoisotopic (exact) mass is 452 g/mol. The maximum absolute atomic E-state index is 11.3. The molecular weight excluding hydrogens is 424 g/mol. The van der Waals surface area contributed by atoms with Crippen molar-refractivity contribution in [3.8, 4) is 17.1 Å². The van der Waals surface area contributed by atoms with E-state index in [-0.39, 0.29) is 16.6 Å². The number of nitrogens with zero attached hydrogens (tertiary/aromatic N) is 2. The molecule has 0 unspecified atom stereocenters. The molecule has 0 aliphatic carbocycles. The number of hydrogen-bond acceptors (Lipinski definition) is 2. The molecule has 0 saturated carbocycles. The predicted molar refractivity (Wildman–Crippen MR) is 127 cm³/mol. The number of phenolic OH excluding ortho intramolecular Hbond substituents is 1. The second-order valence-electron chi connectivity index (χ2n) is 9.49. The number of aromatic hydroxyl groups is 1. The van der Waals surface area contributed by atoms with Crippen molar-refractivity contribution in [1.29, 1.82) is 0 Å². The summed E-state index contributed by atoms with van der Waals surface area (Å²) in [6.07, 6.45) is 1.71. The van der Waals surface area contributed by atoms with Gasteiger partial charge in [-0.1, -0.05) is 66.8 Å². The second-order valence-corrected chi connectivity index (χ2v) is 10.3. The summed E-state index contributed by atoms with van der Waals surface area (Å²) >= 11 is 3.61. The number of benzene rings is 2. The Morgan fingerprint density at radius 2 is 1.76 bits per heavy atom. The lowest BCUT2D eigenvalue weighted by atomic mass is 9.79. The van der Waals surface area contributed by atoms with Crippen LogP contribution in [-0.4, -0.2) is 14.7 Å². The molecule has 29 heavy (non-hydrogen) atoms. The summed E-state index contributed by atoms with van der Waals surface area (Å²) in [5.74, 6) is 0.918. The molecule has 0 radical (unpaired) electrons. The molecule has 0 spiro atoms. The largest absolute Gasteiger partial charge is 0.507 e. The van der Waals surface area contributed by atoms with E-state index in [2.05, 4.69) is 76.7 Å². The Labute approximate surface area is 181 Å². The lowest BCUT2D eigenvalue weighted by molar-refractivity contribution is 0.446. The lowest BCUT2D eigenvalue weighted by Crippen LogP contribution is -2.17. The maximum Gasteiger partial charge on any atom is 0.149 e. The minimum atomic E-state index is -0.215. The van der Waals surface area contributed by atoms with Crippen LogP contribution in [0, 0.1) is 0 Å². The highest BCUT2D eigenvalue weighted by Gasteiger charge is 2.28. The molecule has 1 aromatic heterocycles. The fourth-order valence-electron chi connectivity index (χ4n) is 3.44. The fourth-order valence-corrected chi connectivity index (χ4v) is 3.88. The molecule has 0 aliphatic heterocycles. The van der Waals surface area contributed by atoms with Crippen LogP contribution in [0.2, 0.25) is 0 Å². The third-order valence-corrected chi connectivity index (χ3v) is 5.82. The smallest absolute Gasteiger partial charge is 0.149 e.